The molecule has 0 saturated heterocycles. The first-order valence-corrected chi connectivity index (χ1v) is 10.7. The van der Waals surface area contributed by atoms with Crippen molar-refractivity contribution in [2.45, 2.75) is 12.8 Å². The van der Waals surface area contributed by atoms with E-state index in [4.69, 9.17) is 10.5 Å². The molecule has 0 saturated carbocycles. The van der Waals surface area contributed by atoms with Crippen LogP contribution in [-0.4, -0.2) is 10.9 Å². The summed E-state index contributed by atoms with van der Waals surface area (Å²) in [6.07, 6.45) is -4.42. The fourth-order valence-corrected chi connectivity index (χ4v) is 3.70. The SMILES string of the molecule is Nc1nc(COc2ccc(NC(=O)c3ccccc3-c3ccc(C(F)(F)F)cc3)cc2)cs1. The van der Waals surface area contributed by atoms with E-state index in [9.17, 15) is 18.0 Å². The standard InChI is InChI=1S/C24H18F3N3O2S/c25-24(26,27)16-7-5-15(6-8-16)20-3-1-2-4-21(20)22(31)29-17-9-11-19(12-10-17)32-13-18-14-33-23(28)30-18/h1-12,14H,13H2,(H2,28,30)(H,29,31). The number of anilines is 2. The number of nitrogen functional groups attached to an aromatic ring is 1. The van der Waals surface area contributed by atoms with Crippen molar-refractivity contribution in [3.63, 3.8) is 0 Å². The molecule has 0 bridgehead atoms. The van der Waals surface area contributed by atoms with Gasteiger partial charge >= 0.3 is 6.18 Å². The normalized spacial score (nSPS) is 11.2. The van der Waals surface area contributed by atoms with Gasteiger partial charge in [0, 0.05) is 16.6 Å². The van der Waals surface area contributed by atoms with Crippen LogP contribution < -0.4 is 15.8 Å². The number of nitrogens with one attached hydrogen (secondary N) is 1. The molecular weight excluding hydrogens is 451 g/mol. The Morgan fingerprint density at radius 2 is 1.70 bits per heavy atom. The molecule has 1 aromatic heterocycles. The zero-order valence-electron chi connectivity index (χ0n) is 17.1. The first-order valence-electron chi connectivity index (χ1n) is 9.80. The Morgan fingerprint density at radius 1 is 1.00 bits per heavy atom. The predicted octanol–water partition coefficient (Wildman–Crippen LogP) is 6.24. The monoisotopic (exact) mass is 469 g/mol. The van der Waals surface area contributed by atoms with Gasteiger partial charge in [0.1, 0.15) is 12.4 Å². The molecule has 0 spiro atoms. The van der Waals surface area contributed by atoms with Crippen LogP contribution in [0.15, 0.2) is 78.2 Å². The number of rotatable bonds is 6. The van der Waals surface area contributed by atoms with Gasteiger partial charge in [0.2, 0.25) is 0 Å². The Labute approximate surface area is 191 Å². The zero-order valence-corrected chi connectivity index (χ0v) is 17.9. The number of carbonyl (C=O) groups is 1. The number of nitrogens with two attached hydrogens (primary N) is 1. The molecule has 3 aromatic carbocycles. The first kappa shape index (κ1) is 22.3. The summed E-state index contributed by atoms with van der Waals surface area (Å²) in [6, 6.07) is 18.3. The topological polar surface area (TPSA) is 77.2 Å². The lowest BCUT2D eigenvalue weighted by molar-refractivity contribution is -0.137. The molecule has 0 atom stereocenters. The van der Waals surface area contributed by atoms with Crippen molar-refractivity contribution >= 4 is 28.1 Å². The van der Waals surface area contributed by atoms with Crippen LogP contribution in [0, 0.1) is 0 Å². The average molecular weight is 469 g/mol. The maximum Gasteiger partial charge on any atom is 0.416 e. The van der Waals surface area contributed by atoms with E-state index < -0.39 is 11.7 Å². The zero-order chi connectivity index (χ0) is 23.4. The minimum atomic E-state index is -4.42. The maximum atomic E-state index is 12.9. The third kappa shape index (κ3) is 5.50. The molecule has 0 aliphatic carbocycles. The molecule has 1 amide bonds. The van der Waals surface area contributed by atoms with Gasteiger partial charge in [0.25, 0.3) is 5.91 Å². The quantitative estimate of drug-likeness (QED) is 0.350. The number of thiazole rings is 1. The van der Waals surface area contributed by atoms with Crippen molar-refractivity contribution in [1.82, 2.24) is 4.98 Å². The van der Waals surface area contributed by atoms with E-state index >= 15 is 0 Å². The van der Waals surface area contributed by atoms with E-state index in [2.05, 4.69) is 10.3 Å². The van der Waals surface area contributed by atoms with E-state index in [1.54, 1.807) is 48.5 Å². The van der Waals surface area contributed by atoms with Gasteiger partial charge in [-0.25, -0.2) is 4.98 Å². The molecule has 0 fully saturated rings. The lowest BCUT2D eigenvalue weighted by atomic mass is 9.98. The molecule has 168 valence electrons. The largest absolute Gasteiger partial charge is 0.487 e. The van der Waals surface area contributed by atoms with Crippen LogP contribution in [0.2, 0.25) is 0 Å². The van der Waals surface area contributed by atoms with Crippen molar-refractivity contribution in [2.24, 2.45) is 0 Å². The fourth-order valence-electron chi connectivity index (χ4n) is 3.15. The first-order chi connectivity index (χ1) is 15.8. The lowest BCUT2D eigenvalue weighted by Crippen LogP contribution is -2.13. The molecule has 9 heteroatoms. The molecule has 0 aliphatic heterocycles. The third-order valence-corrected chi connectivity index (χ3v) is 5.49. The second-order valence-electron chi connectivity index (χ2n) is 7.06. The molecule has 3 N–H and O–H groups in total. The molecule has 5 nitrogen and oxygen atoms in total. The number of benzene rings is 3. The van der Waals surface area contributed by atoms with Crippen molar-refractivity contribution in [3.8, 4) is 16.9 Å². The average Bonchev–Trinajstić information content (AvgIpc) is 3.23. The molecule has 4 aromatic rings. The third-order valence-electron chi connectivity index (χ3n) is 4.76. The number of alkyl halides is 3. The van der Waals surface area contributed by atoms with E-state index in [0.29, 0.717) is 33.3 Å². The summed E-state index contributed by atoms with van der Waals surface area (Å²) >= 11 is 1.34. The highest BCUT2D eigenvalue weighted by Crippen LogP contribution is 2.32. The summed E-state index contributed by atoms with van der Waals surface area (Å²) in [5, 5.41) is 5.10. The fraction of sp³-hybridized carbons (Fsp3) is 0.0833. The Bertz CT molecular complexity index is 1250. The number of aromatic nitrogens is 1. The van der Waals surface area contributed by atoms with Crippen molar-refractivity contribution in [1.29, 1.82) is 0 Å². The summed E-state index contributed by atoms with van der Waals surface area (Å²) in [5.41, 5.74) is 7.53. The van der Waals surface area contributed by atoms with Crippen LogP contribution in [0.3, 0.4) is 0 Å². The summed E-state index contributed by atoms with van der Waals surface area (Å²) in [4.78, 5) is 17.0. The van der Waals surface area contributed by atoms with Crippen LogP contribution in [0.1, 0.15) is 21.6 Å². The van der Waals surface area contributed by atoms with Gasteiger partial charge in [-0.15, -0.1) is 11.3 Å². The van der Waals surface area contributed by atoms with Crippen LogP contribution in [0.25, 0.3) is 11.1 Å². The van der Waals surface area contributed by atoms with E-state index in [-0.39, 0.29) is 12.5 Å². The van der Waals surface area contributed by atoms with Gasteiger partial charge in [0.15, 0.2) is 5.13 Å². The van der Waals surface area contributed by atoms with Gasteiger partial charge in [0.05, 0.1) is 11.3 Å². The van der Waals surface area contributed by atoms with Crippen LogP contribution >= 0.6 is 11.3 Å². The minimum absolute atomic E-state index is 0.278. The van der Waals surface area contributed by atoms with E-state index in [1.165, 1.54) is 23.5 Å². The Morgan fingerprint density at radius 3 is 2.33 bits per heavy atom. The molecule has 1 heterocycles. The smallest absolute Gasteiger partial charge is 0.416 e. The van der Waals surface area contributed by atoms with Crippen molar-refractivity contribution < 1.29 is 22.7 Å². The van der Waals surface area contributed by atoms with Crippen LogP contribution in [0.5, 0.6) is 5.75 Å². The molecular formula is C24H18F3N3O2S. The van der Waals surface area contributed by atoms with Gasteiger partial charge < -0.3 is 15.8 Å². The predicted molar refractivity (Wildman–Crippen MR) is 122 cm³/mol. The van der Waals surface area contributed by atoms with Gasteiger partial charge in [-0.05, 0) is 53.6 Å². The molecule has 4 rings (SSSR count). The number of nitrogens with zero attached hydrogens (tertiary/aromatic N) is 1. The van der Waals surface area contributed by atoms with Gasteiger partial charge in [-0.3, -0.25) is 4.79 Å². The number of amides is 1. The summed E-state index contributed by atoms with van der Waals surface area (Å²) in [7, 11) is 0. The number of carbonyl (C=O) groups excluding carboxylic acids is 1. The number of hydrogen-bond donors (Lipinski definition) is 2. The van der Waals surface area contributed by atoms with Crippen LogP contribution in [0.4, 0.5) is 24.0 Å². The van der Waals surface area contributed by atoms with E-state index in [1.807, 2.05) is 5.38 Å². The van der Waals surface area contributed by atoms with Crippen molar-refractivity contribution in [2.75, 3.05) is 11.1 Å². The summed E-state index contributed by atoms with van der Waals surface area (Å²) in [5.74, 6) is 0.224. The number of hydrogen-bond acceptors (Lipinski definition) is 5. The number of ether oxygens (including phenoxy) is 1. The Balaban J connectivity index is 1.45. The second kappa shape index (κ2) is 9.33. The highest BCUT2D eigenvalue weighted by atomic mass is 32.1. The molecule has 0 unspecified atom stereocenters. The van der Waals surface area contributed by atoms with Gasteiger partial charge in [-0.1, -0.05) is 30.3 Å². The summed E-state index contributed by atoms with van der Waals surface area (Å²) in [6.45, 7) is 0.278. The summed E-state index contributed by atoms with van der Waals surface area (Å²) < 4.78 is 44.2. The highest BCUT2D eigenvalue weighted by Gasteiger charge is 2.30. The minimum Gasteiger partial charge on any atom is -0.487 e. The Hall–Kier alpha value is -3.85. The van der Waals surface area contributed by atoms with Crippen LogP contribution in [-0.2, 0) is 12.8 Å². The molecule has 0 radical (unpaired) electrons. The molecule has 33 heavy (non-hydrogen) atoms. The number of halogens is 3. The highest BCUT2D eigenvalue weighted by molar-refractivity contribution is 7.13. The lowest BCUT2D eigenvalue weighted by Gasteiger charge is -2.12. The van der Waals surface area contributed by atoms with Crippen molar-refractivity contribution in [3.05, 3.63) is 95.0 Å². The maximum absolute atomic E-state index is 12.9. The second-order valence-corrected chi connectivity index (χ2v) is 7.95. The Kier molecular flexibility index (Phi) is 6.32. The van der Waals surface area contributed by atoms with Gasteiger partial charge in [-0.2, -0.15) is 13.2 Å². The molecule has 0 aliphatic rings. The van der Waals surface area contributed by atoms with E-state index in [0.717, 1.165) is 17.8 Å².